The quantitative estimate of drug-likeness (QED) is 0.104. The number of anilines is 3. The van der Waals surface area contributed by atoms with E-state index in [1.807, 2.05) is 0 Å². The molecule has 0 aliphatic heterocycles. The van der Waals surface area contributed by atoms with Crippen LogP contribution < -0.4 is 14.3 Å². The molecule has 0 radical (unpaired) electrons. The molecule has 4 aromatic carbocycles. The first-order valence-electron chi connectivity index (χ1n) is 14.5. The molecule has 0 aliphatic carbocycles. The molecule has 0 saturated carbocycles. The lowest BCUT2D eigenvalue weighted by Crippen LogP contribution is -2.46. The summed E-state index contributed by atoms with van der Waals surface area (Å²) in [6.45, 7) is 5.22. The molecule has 5 aromatic rings. The molecule has 0 bridgehead atoms. The summed E-state index contributed by atoms with van der Waals surface area (Å²) >= 11 is -2.47. The first-order chi connectivity index (χ1) is 22.4. The van der Waals surface area contributed by atoms with Gasteiger partial charge in [-0.2, -0.15) is 0 Å². The number of ether oxygens (including phenoxy) is 1. The molecule has 11 nitrogen and oxygen atoms in total. The number of carbonyl (C=O) groups excluding carboxylic acids is 2. The minimum absolute atomic E-state index is 0.0449. The Bertz CT molecular complexity index is 2040. The summed E-state index contributed by atoms with van der Waals surface area (Å²) in [7, 11) is -2.63. The van der Waals surface area contributed by atoms with Gasteiger partial charge in [0.15, 0.2) is 5.76 Å². The molecule has 3 N–H and O–H groups in total. The third-order valence-corrected chi connectivity index (χ3v) is 9.71. The molecular weight excluding hydrogens is 643 g/mol. The van der Waals surface area contributed by atoms with Crippen LogP contribution in [0.4, 0.5) is 17.1 Å². The van der Waals surface area contributed by atoms with E-state index in [1.165, 1.54) is 19.2 Å². The molecular formula is C34H33N3O8S2. The van der Waals surface area contributed by atoms with Crippen molar-refractivity contribution in [1.82, 2.24) is 0 Å². The van der Waals surface area contributed by atoms with Crippen LogP contribution in [0.3, 0.4) is 0 Å². The van der Waals surface area contributed by atoms with Crippen molar-refractivity contribution >= 4 is 61.2 Å². The second-order valence-corrected chi connectivity index (χ2v) is 13.5. The predicted octanol–water partition coefficient (Wildman–Crippen LogP) is 6.60. The summed E-state index contributed by atoms with van der Waals surface area (Å²) in [5.41, 5.74) is 3.61. The number of aryl methyl sites for hydroxylation is 1. The molecule has 13 heteroatoms. The van der Waals surface area contributed by atoms with E-state index in [9.17, 15) is 26.8 Å². The van der Waals surface area contributed by atoms with Crippen LogP contribution in [0.5, 0.6) is 0 Å². The van der Waals surface area contributed by atoms with Crippen molar-refractivity contribution in [3.8, 4) is 11.1 Å². The van der Waals surface area contributed by atoms with Gasteiger partial charge >= 0.3 is 5.97 Å². The van der Waals surface area contributed by atoms with Gasteiger partial charge in [-0.1, -0.05) is 62.4 Å². The smallest absolute Gasteiger partial charge is 0.329 e. The van der Waals surface area contributed by atoms with E-state index in [0.29, 0.717) is 33.6 Å². The first-order valence-corrected chi connectivity index (χ1v) is 17.1. The van der Waals surface area contributed by atoms with Gasteiger partial charge in [-0.05, 0) is 72.5 Å². The van der Waals surface area contributed by atoms with Gasteiger partial charge in [-0.3, -0.25) is 18.4 Å². The van der Waals surface area contributed by atoms with Gasteiger partial charge in [-0.25, -0.2) is 17.4 Å². The van der Waals surface area contributed by atoms with Crippen LogP contribution in [0, 0.1) is 12.8 Å². The lowest BCUT2D eigenvalue weighted by molar-refractivity contribution is -0.142. The zero-order chi connectivity index (χ0) is 33.9. The lowest BCUT2D eigenvalue weighted by atomic mass is 10.0. The van der Waals surface area contributed by atoms with Crippen molar-refractivity contribution in [2.75, 3.05) is 21.5 Å². The third kappa shape index (κ3) is 7.07. The number of benzene rings is 4. The number of hydrogen-bond donors (Lipinski definition) is 3. The Balaban J connectivity index is 1.33. The van der Waals surface area contributed by atoms with Crippen molar-refractivity contribution < 1.29 is 35.9 Å². The Morgan fingerprint density at radius 1 is 0.894 bits per heavy atom. The van der Waals surface area contributed by atoms with Crippen LogP contribution >= 0.6 is 0 Å². The monoisotopic (exact) mass is 675 g/mol. The average Bonchev–Trinajstić information content (AvgIpc) is 3.41. The molecule has 1 amide bonds. The number of fused-ring (bicyclic) bond motifs is 1. The maximum absolute atomic E-state index is 13.3. The molecule has 0 fully saturated rings. The number of nitrogens with one attached hydrogen (secondary N) is 2. The molecule has 2 atom stereocenters. The fourth-order valence-corrected chi connectivity index (χ4v) is 7.17. The van der Waals surface area contributed by atoms with Gasteiger partial charge in [0, 0.05) is 16.6 Å². The first kappa shape index (κ1) is 33.4. The molecule has 244 valence electrons. The highest BCUT2D eigenvalue weighted by molar-refractivity contribution is 7.92. The van der Waals surface area contributed by atoms with E-state index in [4.69, 9.17) is 9.15 Å². The second kappa shape index (κ2) is 13.8. The van der Waals surface area contributed by atoms with Gasteiger partial charge < -0.3 is 14.5 Å². The zero-order valence-electron chi connectivity index (χ0n) is 26.0. The van der Waals surface area contributed by atoms with Crippen LogP contribution in [-0.4, -0.2) is 42.2 Å². The minimum Gasteiger partial charge on any atom is -0.467 e. The normalized spacial score (nSPS) is 12.8. The second-order valence-electron chi connectivity index (χ2n) is 11.0. The number of rotatable bonds is 11. The number of amides is 1. The van der Waals surface area contributed by atoms with Crippen molar-refractivity contribution in [3.63, 3.8) is 0 Å². The number of furan rings is 1. The van der Waals surface area contributed by atoms with E-state index in [0.717, 1.165) is 15.4 Å². The Kier molecular flexibility index (Phi) is 9.80. The van der Waals surface area contributed by atoms with Crippen LogP contribution in [0.1, 0.15) is 30.0 Å². The van der Waals surface area contributed by atoms with E-state index < -0.39 is 39.2 Å². The number of methoxy groups -OCH3 is 1. The fraction of sp³-hybridized carbons (Fsp3) is 0.176. The Morgan fingerprint density at radius 3 is 2.09 bits per heavy atom. The largest absolute Gasteiger partial charge is 0.467 e. The van der Waals surface area contributed by atoms with E-state index in [2.05, 4.69) is 10.0 Å². The van der Waals surface area contributed by atoms with Crippen LogP contribution in [0.15, 0.2) is 106 Å². The molecule has 0 saturated heterocycles. The van der Waals surface area contributed by atoms with Crippen molar-refractivity contribution in [1.29, 1.82) is 0 Å². The number of esters is 1. The highest BCUT2D eigenvalue weighted by Crippen LogP contribution is 2.34. The predicted molar refractivity (Wildman–Crippen MR) is 182 cm³/mol. The zero-order valence-corrected chi connectivity index (χ0v) is 27.6. The summed E-state index contributed by atoms with van der Waals surface area (Å²) in [5, 5.41) is 3.30. The van der Waals surface area contributed by atoms with Gasteiger partial charge in [0.2, 0.25) is 0 Å². The molecule has 0 spiro atoms. The van der Waals surface area contributed by atoms with Gasteiger partial charge in [-0.15, -0.1) is 0 Å². The van der Waals surface area contributed by atoms with Crippen molar-refractivity contribution in [2.45, 2.75) is 31.7 Å². The number of sulfonamides is 1. The maximum atomic E-state index is 13.3. The van der Waals surface area contributed by atoms with Gasteiger partial charge in [0.1, 0.15) is 11.6 Å². The van der Waals surface area contributed by atoms with Crippen molar-refractivity contribution in [2.24, 2.45) is 5.92 Å². The highest BCUT2D eigenvalue weighted by atomic mass is 32.2. The van der Waals surface area contributed by atoms with Crippen LogP contribution in [0.25, 0.3) is 22.1 Å². The standard InChI is InChI=1S/C34H33N3O8S2/c1-21(2)31(34(39)44-4)37(46(40)41)26-19-15-24(16-20-26)23-13-17-25(18-14-23)35-33(38)32-22(3)30-28(11-8-12-29(30)45-32)36-47(42,43)27-9-6-5-7-10-27/h5-21,31,36H,1-4H3,(H,35,38)(H,40,41). The van der Waals surface area contributed by atoms with Crippen LogP contribution in [-0.2, 0) is 30.8 Å². The number of nitrogens with zero attached hydrogens (tertiary/aromatic N) is 1. The molecule has 5 rings (SSSR count). The van der Waals surface area contributed by atoms with Crippen molar-refractivity contribution in [3.05, 3.63) is 108 Å². The minimum atomic E-state index is -3.87. The lowest BCUT2D eigenvalue weighted by Gasteiger charge is -2.30. The Morgan fingerprint density at radius 2 is 1.51 bits per heavy atom. The molecule has 0 aliphatic rings. The Hall–Kier alpha value is -4.98. The summed E-state index contributed by atoms with van der Waals surface area (Å²) in [5.74, 6) is -1.37. The summed E-state index contributed by atoms with van der Waals surface area (Å²) in [4.78, 5) is 25.8. The Labute approximate surface area is 275 Å². The molecule has 1 aromatic heterocycles. The third-order valence-electron chi connectivity index (χ3n) is 7.55. The van der Waals surface area contributed by atoms with Gasteiger partial charge in [0.05, 0.1) is 23.4 Å². The van der Waals surface area contributed by atoms with E-state index in [1.54, 1.807) is 106 Å². The number of hydrogen-bond acceptors (Lipinski definition) is 7. The molecule has 2 unspecified atom stereocenters. The summed E-state index contributed by atoms with van der Waals surface area (Å²) in [6, 6.07) is 25.8. The van der Waals surface area contributed by atoms with E-state index in [-0.39, 0.29) is 16.6 Å². The number of carbonyl (C=O) groups is 2. The molecule has 1 heterocycles. The highest BCUT2D eigenvalue weighted by Gasteiger charge is 2.34. The topological polar surface area (TPSA) is 155 Å². The average molecular weight is 676 g/mol. The fourth-order valence-electron chi connectivity index (χ4n) is 5.25. The SMILES string of the molecule is COC(=O)C(C(C)C)N(c1ccc(-c2ccc(NC(=O)c3oc4cccc(NS(=O)(=O)c5ccccc5)c4c3C)cc2)cc1)S(=O)O. The summed E-state index contributed by atoms with van der Waals surface area (Å²) in [6.07, 6.45) is 0. The van der Waals surface area contributed by atoms with Crippen LogP contribution in [0.2, 0.25) is 0 Å². The summed E-state index contributed by atoms with van der Waals surface area (Å²) < 4.78 is 62.6. The van der Waals surface area contributed by atoms with Gasteiger partial charge in [0.25, 0.3) is 27.2 Å². The maximum Gasteiger partial charge on any atom is 0.329 e. The van der Waals surface area contributed by atoms with E-state index >= 15 is 0 Å². The molecule has 47 heavy (non-hydrogen) atoms.